The highest BCUT2D eigenvalue weighted by Gasteiger charge is 2.43. The third-order valence-electron chi connectivity index (χ3n) is 5.02. The molecule has 8 heteroatoms. The van der Waals surface area contributed by atoms with Crippen LogP contribution in [0.4, 0.5) is 0 Å². The summed E-state index contributed by atoms with van der Waals surface area (Å²) >= 11 is 0. The number of nitrogens with one attached hydrogen (secondary N) is 1. The van der Waals surface area contributed by atoms with Gasteiger partial charge in [0.15, 0.2) is 0 Å². The summed E-state index contributed by atoms with van der Waals surface area (Å²) in [6.07, 6.45) is 3.30. The molecule has 1 aromatic heterocycles. The largest absolute Gasteiger partial charge is 0.394 e. The highest BCUT2D eigenvalue weighted by Crippen LogP contribution is 2.34. The molecule has 0 aliphatic carbocycles. The molecule has 24 heavy (non-hydrogen) atoms. The van der Waals surface area contributed by atoms with Crippen LogP contribution in [0.5, 0.6) is 0 Å². The van der Waals surface area contributed by atoms with Crippen LogP contribution < -0.4 is 11.2 Å². The first kappa shape index (κ1) is 17.3. The molecule has 0 radical (unpaired) electrons. The van der Waals surface area contributed by atoms with Crippen LogP contribution >= 0.6 is 0 Å². The zero-order chi connectivity index (χ0) is 17.3. The van der Waals surface area contributed by atoms with Crippen molar-refractivity contribution in [3.63, 3.8) is 0 Å². The molecule has 2 aliphatic rings. The third kappa shape index (κ3) is 3.32. The number of aliphatic hydroxyl groups is 2. The smallest absolute Gasteiger partial charge is 0.330 e. The summed E-state index contributed by atoms with van der Waals surface area (Å²) < 4.78 is 7.30. The average molecular weight is 339 g/mol. The monoisotopic (exact) mass is 339 g/mol. The number of likely N-dealkylation sites (tertiary alicyclic amines) is 1. The lowest BCUT2D eigenvalue weighted by molar-refractivity contribution is -0.0906. The highest BCUT2D eigenvalue weighted by molar-refractivity contribution is 5.03. The van der Waals surface area contributed by atoms with E-state index in [1.165, 1.54) is 17.2 Å². The number of H-pyrrole nitrogens is 1. The van der Waals surface area contributed by atoms with E-state index in [1.807, 2.05) is 0 Å². The number of aryl methyl sites for hydroxylation is 1. The third-order valence-corrected chi connectivity index (χ3v) is 5.02. The number of rotatable bonds is 4. The molecule has 134 valence electrons. The quantitative estimate of drug-likeness (QED) is 0.672. The van der Waals surface area contributed by atoms with Gasteiger partial charge in [-0.1, -0.05) is 6.42 Å². The van der Waals surface area contributed by atoms with Crippen LogP contribution in [-0.2, 0) is 4.74 Å². The molecular weight excluding hydrogens is 314 g/mol. The minimum absolute atomic E-state index is 0.0587. The van der Waals surface area contributed by atoms with Gasteiger partial charge in [0.05, 0.1) is 6.61 Å². The maximum Gasteiger partial charge on any atom is 0.330 e. The Kier molecular flexibility index (Phi) is 5.19. The molecule has 3 rings (SSSR count). The van der Waals surface area contributed by atoms with E-state index in [0.29, 0.717) is 12.0 Å². The molecule has 3 N–H and O–H groups in total. The maximum atomic E-state index is 12.1. The van der Waals surface area contributed by atoms with E-state index >= 15 is 0 Å². The van der Waals surface area contributed by atoms with E-state index in [9.17, 15) is 19.8 Å². The summed E-state index contributed by atoms with van der Waals surface area (Å²) in [4.78, 5) is 28.2. The van der Waals surface area contributed by atoms with Crippen LogP contribution in [0.1, 0.15) is 37.5 Å². The van der Waals surface area contributed by atoms with Gasteiger partial charge in [-0.2, -0.15) is 0 Å². The molecule has 0 saturated carbocycles. The predicted molar refractivity (Wildman–Crippen MR) is 86.9 cm³/mol. The summed E-state index contributed by atoms with van der Waals surface area (Å²) in [5.41, 5.74) is -0.500. The second kappa shape index (κ2) is 7.18. The standard InChI is InChI=1S/C16H25N3O5/c1-10-8-19(16(23)17-15(10)22)13-7-11(14(24-13)12(21)9-20)18-5-3-2-4-6-18/h8,11-14,20-21H,2-7,9H2,1H3,(H,17,22,23)/t11-,12+,13-,14-/m0/s1. The molecule has 1 aromatic rings. The average Bonchev–Trinajstić information content (AvgIpc) is 3.03. The number of aliphatic hydroxyl groups excluding tert-OH is 2. The molecule has 0 amide bonds. The molecule has 2 fully saturated rings. The molecule has 2 aliphatic heterocycles. The van der Waals surface area contributed by atoms with Crippen LogP contribution in [0.15, 0.2) is 15.8 Å². The Balaban J connectivity index is 1.87. The molecular formula is C16H25N3O5. The molecule has 0 bridgehead atoms. The number of aromatic amines is 1. The minimum atomic E-state index is -0.999. The van der Waals surface area contributed by atoms with Gasteiger partial charge in [-0.25, -0.2) is 4.79 Å². The first-order valence-corrected chi connectivity index (χ1v) is 8.51. The van der Waals surface area contributed by atoms with Gasteiger partial charge in [0.25, 0.3) is 5.56 Å². The lowest BCUT2D eigenvalue weighted by Crippen LogP contribution is -2.48. The number of nitrogens with zero attached hydrogens (tertiary/aromatic N) is 2. The molecule has 8 nitrogen and oxygen atoms in total. The van der Waals surface area contributed by atoms with E-state index in [0.717, 1.165) is 25.9 Å². The number of aromatic nitrogens is 2. The van der Waals surface area contributed by atoms with Crippen molar-refractivity contribution in [2.75, 3.05) is 19.7 Å². The topological polar surface area (TPSA) is 108 Å². The van der Waals surface area contributed by atoms with Crippen molar-refractivity contribution in [3.05, 3.63) is 32.6 Å². The van der Waals surface area contributed by atoms with Gasteiger partial charge < -0.3 is 14.9 Å². The molecule has 2 saturated heterocycles. The summed E-state index contributed by atoms with van der Waals surface area (Å²) in [6, 6.07) is -0.0587. The SMILES string of the molecule is Cc1cn([C@@H]2C[C@H](N3CCCCC3)[C@@H]([C@H](O)CO)O2)c(=O)[nH]c1=O. The summed E-state index contributed by atoms with van der Waals surface area (Å²) in [5.74, 6) is 0. The van der Waals surface area contributed by atoms with Crippen molar-refractivity contribution in [3.8, 4) is 0 Å². The van der Waals surface area contributed by atoms with Crippen molar-refractivity contribution in [1.82, 2.24) is 14.5 Å². The number of hydrogen-bond donors (Lipinski definition) is 3. The first-order chi connectivity index (χ1) is 11.5. The molecule has 0 aromatic carbocycles. The highest BCUT2D eigenvalue weighted by atomic mass is 16.5. The maximum absolute atomic E-state index is 12.1. The summed E-state index contributed by atoms with van der Waals surface area (Å²) in [6.45, 7) is 3.09. The van der Waals surface area contributed by atoms with Gasteiger partial charge in [-0.3, -0.25) is 19.2 Å². The second-order valence-electron chi connectivity index (χ2n) is 6.68. The van der Waals surface area contributed by atoms with Crippen LogP contribution in [0.2, 0.25) is 0 Å². The fraction of sp³-hybridized carbons (Fsp3) is 0.750. The predicted octanol–water partition coefficient (Wildman–Crippen LogP) is -0.660. The summed E-state index contributed by atoms with van der Waals surface area (Å²) in [5, 5.41) is 19.5. The van der Waals surface area contributed by atoms with Crippen molar-refractivity contribution < 1.29 is 14.9 Å². The number of hydrogen-bond acceptors (Lipinski definition) is 6. The van der Waals surface area contributed by atoms with Gasteiger partial charge in [0.1, 0.15) is 18.4 Å². The van der Waals surface area contributed by atoms with E-state index in [1.54, 1.807) is 6.92 Å². The van der Waals surface area contributed by atoms with Gasteiger partial charge in [-0.15, -0.1) is 0 Å². The van der Waals surface area contributed by atoms with E-state index in [-0.39, 0.29) is 12.6 Å². The van der Waals surface area contributed by atoms with Gasteiger partial charge in [0.2, 0.25) is 0 Å². The normalized spacial score (nSPS) is 29.7. The van der Waals surface area contributed by atoms with Crippen molar-refractivity contribution in [2.45, 2.75) is 57.1 Å². The van der Waals surface area contributed by atoms with Crippen molar-refractivity contribution in [2.24, 2.45) is 0 Å². The molecule has 0 spiro atoms. The Labute approximate surface area is 139 Å². The van der Waals surface area contributed by atoms with E-state index in [2.05, 4.69) is 9.88 Å². The van der Waals surface area contributed by atoms with Crippen LogP contribution in [0, 0.1) is 6.92 Å². The van der Waals surface area contributed by atoms with Gasteiger partial charge in [-0.05, 0) is 32.9 Å². The van der Waals surface area contributed by atoms with Crippen LogP contribution in [0.3, 0.4) is 0 Å². The van der Waals surface area contributed by atoms with Crippen molar-refractivity contribution in [1.29, 1.82) is 0 Å². The Hall–Kier alpha value is -1.48. The lowest BCUT2D eigenvalue weighted by atomic mass is 10.00. The van der Waals surface area contributed by atoms with Crippen LogP contribution in [0.25, 0.3) is 0 Å². The Morgan fingerprint density at radius 1 is 1.33 bits per heavy atom. The van der Waals surface area contributed by atoms with Crippen molar-refractivity contribution >= 4 is 0 Å². The Morgan fingerprint density at radius 2 is 2.04 bits per heavy atom. The fourth-order valence-corrected chi connectivity index (χ4v) is 3.71. The lowest BCUT2D eigenvalue weighted by Gasteiger charge is -2.35. The fourth-order valence-electron chi connectivity index (χ4n) is 3.71. The molecule has 4 atom stereocenters. The van der Waals surface area contributed by atoms with Gasteiger partial charge in [0, 0.05) is 24.2 Å². The number of ether oxygens (including phenoxy) is 1. The Morgan fingerprint density at radius 3 is 2.71 bits per heavy atom. The first-order valence-electron chi connectivity index (χ1n) is 8.51. The molecule has 0 unspecified atom stereocenters. The van der Waals surface area contributed by atoms with E-state index < -0.39 is 29.7 Å². The van der Waals surface area contributed by atoms with Gasteiger partial charge >= 0.3 is 5.69 Å². The second-order valence-corrected chi connectivity index (χ2v) is 6.68. The zero-order valence-corrected chi connectivity index (χ0v) is 13.9. The van der Waals surface area contributed by atoms with Crippen LogP contribution in [-0.4, -0.2) is 62.6 Å². The van der Waals surface area contributed by atoms with E-state index in [4.69, 9.17) is 4.74 Å². The zero-order valence-electron chi connectivity index (χ0n) is 13.9. The molecule has 3 heterocycles. The Bertz CT molecular complexity index is 679. The number of piperidine rings is 1. The summed E-state index contributed by atoms with van der Waals surface area (Å²) in [7, 11) is 0. The minimum Gasteiger partial charge on any atom is -0.394 e.